The summed E-state index contributed by atoms with van der Waals surface area (Å²) in [6.45, 7) is 2.65. The molecule has 3 rings (SSSR count). The third-order valence-electron chi connectivity index (χ3n) is 6.05. The van der Waals surface area contributed by atoms with Crippen molar-refractivity contribution in [3.63, 3.8) is 0 Å². The molecule has 7 heteroatoms. The van der Waals surface area contributed by atoms with Crippen molar-refractivity contribution in [3.05, 3.63) is 35.9 Å². The lowest BCUT2D eigenvalue weighted by atomic mass is 9.94. The molecule has 0 spiro atoms. The lowest BCUT2D eigenvalue weighted by Crippen LogP contribution is -2.59. The standard InChI is InChI=1S/C24H37NO6/c1-2-3-4-5-9-12-21(27)31-23-20(15-26)30-19-13-18(14-25)29-22(19)24(23)28-16-17-10-7-6-8-11-17/h6-8,10-11,18-20,22-24,26H,2-5,9,12-16,25H2,1H3/t18?,19-,20-,22+,23-,24-/m1/s1. The number of aliphatic hydroxyl groups excluding tert-OH is 1. The number of hydrogen-bond acceptors (Lipinski definition) is 7. The van der Waals surface area contributed by atoms with Gasteiger partial charge >= 0.3 is 5.97 Å². The molecule has 0 saturated carbocycles. The summed E-state index contributed by atoms with van der Waals surface area (Å²) in [7, 11) is 0. The molecule has 31 heavy (non-hydrogen) atoms. The highest BCUT2D eigenvalue weighted by Gasteiger charge is 2.53. The Labute approximate surface area is 185 Å². The van der Waals surface area contributed by atoms with Gasteiger partial charge in [-0.1, -0.05) is 62.9 Å². The molecule has 2 aliphatic rings. The molecule has 1 aromatic carbocycles. The SMILES string of the molecule is CCCCCCCC(=O)O[C@H]1[C@H](OCc2ccccc2)[C@H]2OC(CN)C[C@H]2O[C@@H]1CO. The van der Waals surface area contributed by atoms with Crippen molar-refractivity contribution in [2.24, 2.45) is 5.73 Å². The van der Waals surface area contributed by atoms with Gasteiger partial charge in [0.1, 0.15) is 18.3 Å². The van der Waals surface area contributed by atoms with Crippen LogP contribution in [0.2, 0.25) is 0 Å². The van der Waals surface area contributed by atoms with Gasteiger partial charge in [0, 0.05) is 19.4 Å². The van der Waals surface area contributed by atoms with E-state index in [2.05, 4.69) is 6.92 Å². The van der Waals surface area contributed by atoms with Crippen molar-refractivity contribution in [3.8, 4) is 0 Å². The number of unbranched alkanes of at least 4 members (excludes halogenated alkanes) is 4. The van der Waals surface area contributed by atoms with Crippen LogP contribution in [0.15, 0.2) is 30.3 Å². The zero-order chi connectivity index (χ0) is 22.1. The number of fused-ring (bicyclic) bond motifs is 1. The van der Waals surface area contributed by atoms with Gasteiger partial charge in [-0.15, -0.1) is 0 Å². The smallest absolute Gasteiger partial charge is 0.306 e. The van der Waals surface area contributed by atoms with Gasteiger partial charge in [0.05, 0.1) is 25.4 Å². The van der Waals surface area contributed by atoms with Crippen molar-refractivity contribution in [1.82, 2.24) is 0 Å². The van der Waals surface area contributed by atoms with Crippen LogP contribution in [0.25, 0.3) is 0 Å². The second-order valence-electron chi connectivity index (χ2n) is 8.47. The molecule has 6 atom stereocenters. The first kappa shape index (κ1) is 24.1. The summed E-state index contributed by atoms with van der Waals surface area (Å²) in [6.07, 6.45) is 3.59. The van der Waals surface area contributed by atoms with Gasteiger partial charge in [0.25, 0.3) is 0 Å². The fourth-order valence-corrected chi connectivity index (χ4v) is 4.36. The van der Waals surface area contributed by atoms with E-state index in [-0.39, 0.29) is 30.9 Å². The van der Waals surface area contributed by atoms with E-state index < -0.39 is 18.3 Å². The lowest BCUT2D eigenvalue weighted by molar-refractivity contribution is -0.243. The van der Waals surface area contributed by atoms with Gasteiger partial charge < -0.3 is 29.8 Å². The molecular formula is C24H37NO6. The van der Waals surface area contributed by atoms with E-state index in [9.17, 15) is 9.90 Å². The highest BCUT2D eigenvalue weighted by atomic mass is 16.6. The number of esters is 1. The molecule has 2 heterocycles. The summed E-state index contributed by atoms with van der Waals surface area (Å²) >= 11 is 0. The molecule has 2 aliphatic heterocycles. The van der Waals surface area contributed by atoms with Crippen LogP contribution in [0.4, 0.5) is 0 Å². The van der Waals surface area contributed by atoms with Crippen molar-refractivity contribution in [1.29, 1.82) is 0 Å². The number of aliphatic hydroxyl groups is 1. The fourth-order valence-electron chi connectivity index (χ4n) is 4.36. The molecule has 0 radical (unpaired) electrons. The van der Waals surface area contributed by atoms with Gasteiger partial charge in [-0.25, -0.2) is 0 Å². The fraction of sp³-hybridized carbons (Fsp3) is 0.708. The number of rotatable bonds is 12. The van der Waals surface area contributed by atoms with E-state index in [1.54, 1.807) is 0 Å². The van der Waals surface area contributed by atoms with Crippen molar-refractivity contribution >= 4 is 5.97 Å². The normalized spacial score (nSPS) is 30.2. The minimum absolute atomic E-state index is 0.134. The maximum Gasteiger partial charge on any atom is 0.306 e. The van der Waals surface area contributed by atoms with Crippen LogP contribution in [0.1, 0.15) is 57.4 Å². The molecule has 1 unspecified atom stereocenters. The molecule has 0 aliphatic carbocycles. The molecule has 3 N–H and O–H groups in total. The van der Waals surface area contributed by atoms with E-state index >= 15 is 0 Å². The van der Waals surface area contributed by atoms with E-state index in [0.29, 0.717) is 26.0 Å². The number of carbonyl (C=O) groups is 1. The van der Waals surface area contributed by atoms with Crippen LogP contribution >= 0.6 is 0 Å². The van der Waals surface area contributed by atoms with Crippen LogP contribution in [0.5, 0.6) is 0 Å². The van der Waals surface area contributed by atoms with E-state index in [4.69, 9.17) is 24.7 Å². The summed E-state index contributed by atoms with van der Waals surface area (Å²) in [4.78, 5) is 12.6. The number of nitrogens with two attached hydrogens (primary N) is 1. The van der Waals surface area contributed by atoms with Gasteiger partial charge in [0.15, 0.2) is 6.10 Å². The molecule has 7 nitrogen and oxygen atoms in total. The molecule has 1 aromatic rings. The molecular weight excluding hydrogens is 398 g/mol. The van der Waals surface area contributed by atoms with Crippen LogP contribution < -0.4 is 5.73 Å². The number of carbonyl (C=O) groups excluding carboxylic acids is 1. The van der Waals surface area contributed by atoms with Gasteiger partial charge in [0.2, 0.25) is 0 Å². The second-order valence-corrected chi connectivity index (χ2v) is 8.47. The Morgan fingerprint density at radius 2 is 1.90 bits per heavy atom. The number of benzene rings is 1. The number of hydrogen-bond donors (Lipinski definition) is 2. The Balaban J connectivity index is 1.67. The molecule has 174 valence electrons. The predicted octanol–water partition coefficient (Wildman–Crippen LogP) is 2.72. The first-order valence-electron chi connectivity index (χ1n) is 11.6. The average Bonchev–Trinajstić information content (AvgIpc) is 3.21. The summed E-state index contributed by atoms with van der Waals surface area (Å²) in [5, 5.41) is 9.96. The van der Waals surface area contributed by atoms with Crippen LogP contribution in [-0.4, -0.2) is 60.9 Å². The Kier molecular flexibility index (Phi) is 9.74. The largest absolute Gasteiger partial charge is 0.457 e. The van der Waals surface area contributed by atoms with E-state index in [0.717, 1.165) is 31.2 Å². The maximum atomic E-state index is 12.6. The van der Waals surface area contributed by atoms with E-state index in [1.807, 2.05) is 30.3 Å². The highest BCUT2D eigenvalue weighted by Crippen LogP contribution is 2.36. The summed E-state index contributed by atoms with van der Waals surface area (Å²) < 4.78 is 24.2. The zero-order valence-corrected chi connectivity index (χ0v) is 18.5. The molecule has 2 fully saturated rings. The van der Waals surface area contributed by atoms with Crippen molar-refractivity contribution in [2.45, 2.75) is 95.1 Å². The topological polar surface area (TPSA) is 100 Å². The Morgan fingerprint density at radius 1 is 1.13 bits per heavy atom. The minimum Gasteiger partial charge on any atom is -0.457 e. The first-order chi connectivity index (χ1) is 15.2. The van der Waals surface area contributed by atoms with Gasteiger partial charge in [-0.3, -0.25) is 4.79 Å². The Bertz CT molecular complexity index is 657. The highest BCUT2D eigenvalue weighted by molar-refractivity contribution is 5.69. The van der Waals surface area contributed by atoms with E-state index in [1.165, 1.54) is 6.42 Å². The molecule has 0 bridgehead atoms. The van der Waals surface area contributed by atoms with Gasteiger partial charge in [-0.2, -0.15) is 0 Å². The Hall–Kier alpha value is -1.51. The summed E-state index contributed by atoms with van der Waals surface area (Å²) in [6, 6.07) is 9.82. The van der Waals surface area contributed by atoms with Crippen LogP contribution in [0.3, 0.4) is 0 Å². The van der Waals surface area contributed by atoms with Crippen molar-refractivity contribution < 1.29 is 28.8 Å². The lowest BCUT2D eigenvalue weighted by Gasteiger charge is -2.42. The van der Waals surface area contributed by atoms with Crippen molar-refractivity contribution in [2.75, 3.05) is 13.2 Å². The van der Waals surface area contributed by atoms with Gasteiger partial charge in [-0.05, 0) is 12.0 Å². The minimum atomic E-state index is -0.727. The monoisotopic (exact) mass is 435 g/mol. The predicted molar refractivity (Wildman–Crippen MR) is 116 cm³/mol. The van der Waals surface area contributed by atoms with Crippen LogP contribution in [-0.2, 0) is 30.3 Å². The first-order valence-corrected chi connectivity index (χ1v) is 11.6. The summed E-state index contributed by atoms with van der Waals surface area (Å²) in [5.41, 5.74) is 6.83. The number of ether oxygens (including phenoxy) is 4. The zero-order valence-electron chi connectivity index (χ0n) is 18.5. The Morgan fingerprint density at radius 3 is 2.61 bits per heavy atom. The quantitative estimate of drug-likeness (QED) is 0.385. The second kappa shape index (κ2) is 12.5. The molecule has 0 aromatic heterocycles. The maximum absolute atomic E-state index is 12.6. The summed E-state index contributed by atoms with van der Waals surface area (Å²) in [5.74, 6) is -0.288. The third kappa shape index (κ3) is 6.73. The molecule has 0 amide bonds. The van der Waals surface area contributed by atoms with Crippen LogP contribution in [0, 0.1) is 0 Å². The third-order valence-corrected chi connectivity index (χ3v) is 6.05. The average molecular weight is 436 g/mol. The molecule has 2 saturated heterocycles.